The number of hydrogen-bond acceptors (Lipinski definition) is 4. The maximum atomic E-state index is 11.6. The lowest BCUT2D eigenvalue weighted by Gasteiger charge is -2.27. The molecule has 1 aromatic heterocycles. The van der Waals surface area contributed by atoms with Crippen LogP contribution in [0, 0.1) is 11.8 Å². The summed E-state index contributed by atoms with van der Waals surface area (Å²) in [6, 6.07) is 8.83. The van der Waals surface area contributed by atoms with Gasteiger partial charge >= 0.3 is 5.63 Å². The number of aliphatic hydroxyl groups is 1. The molecule has 4 heteroatoms. The SMILES string of the molecule is O=c1cc(OCC2CCC(CO)CC2)c2ccccc2o1. The molecular formula is C17H20O4. The molecule has 21 heavy (non-hydrogen) atoms. The van der Waals surface area contributed by atoms with Gasteiger partial charge in [-0.25, -0.2) is 4.79 Å². The first-order valence-electron chi connectivity index (χ1n) is 7.53. The van der Waals surface area contributed by atoms with Gasteiger partial charge in [0.25, 0.3) is 0 Å². The van der Waals surface area contributed by atoms with Crippen LogP contribution in [0.3, 0.4) is 0 Å². The summed E-state index contributed by atoms with van der Waals surface area (Å²) >= 11 is 0. The van der Waals surface area contributed by atoms with Gasteiger partial charge in [-0.1, -0.05) is 12.1 Å². The van der Waals surface area contributed by atoms with Crippen molar-refractivity contribution in [1.82, 2.24) is 0 Å². The van der Waals surface area contributed by atoms with Gasteiger partial charge in [0.15, 0.2) is 0 Å². The molecule has 1 aliphatic rings. The molecule has 112 valence electrons. The summed E-state index contributed by atoms with van der Waals surface area (Å²) in [4.78, 5) is 11.6. The Hall–Kier alpha value is -1.81. The first-order valence-corrected chi connectivity index (χ1v) is 7.53. The van der Waals surface area contributed by atoms with Crippen LogP contribution in [-0.2, 0) is 0 Å². The largest absolute Gasteiger partial charge is 0.492 e. The Morgan fingerprint density at radius 2 is 1.86 bits per heavy atom. The average Bonchev–Trinajstić information content (AvgIpc) is 2.53. The second-order valence-corrected chi connectivity index (χ2v) is 5.81. The van der Waals surface area contributed by atoms with E-state index in [1.807, 2.05) is 18.2 Å². The van der Waals surface area contributed by atoms with E-state index in [0.29, 0.717) is 29.8 Å². The van der Waals surface area contributed by atoms with Crippen LogP contribution in [0.2, 0.25) is 0 Å². The van der Waals surface area contributed by atoms with E-state index < -0.39 is 0 Å². The minimum Gasteiger partial charge on any atom is -0.492 e. The van der Waals surface area contributed by atoms with E-state index in [-0.39, 0.29) is 12.2 Å². The highest BCUT2D eigenvalue weighted by atomic mass is 16.5. The van der Waals surface area contributed by atoms with E-state index in [4.69, 9.17) is 14.3 Å². The van der Waals surface area contributed by atoms with Crippen LogP contribution in [-0.4, -0.2) is 18.3 Å². The molecule has 1 heterocycles. The maximum Gasteiger partial charge on any atom is 0.339 e. The minimum atomic E-state index is -0.382. The molecular weight excluding hydrogens is 268 g/mol. The van der Waals surface area contributed by atoms with Crippen molar-refractivity contribution >= 4 is 11.0 Å². The zero-order chi connectivity index (χ0) is 14.7. The Labute approximate surface area is 123 Å². The summed E-state index contributed by atoms with van der Waals surface area (Å²) in [7, 11) is 0. The number of fused-ring (bicyclic) bond motifs is 1. The third kappa shape index (κ3) is 3.27. The molecule has 1 aromatic carbocycles. The third-order valence-electron chi connectivity index (χ3n) is 4.31. The topological polar surface area (TPSA) is 59.7 Å². The van der Waals surface area contributed by atoms with Gasteiger partial charge in [0.2, 0.25) is 0 Å². The van der Waals surface area contributed by atoms with Crippen molar-refractivity contribution in [3.63, 3.8) is 0 Å². The van der Waals surface area contributed by atoms with Crippen molar-refractivity contribution in [2.45, 2.75) is 25.7 Å². The first-order chi connectivity index (χ1) is 10.3. The van der Waals surface area contributed by atoms with Crippen molar-refractivity contribution < 1.29 is 14.3 Å². The van der Waals surface area contributed by atoms with Crippen molar-refractivity contribution in [2.24, 2.45) is 11.8 Å². The molecule has 0 spiro atoms. The Kier molecular flexibility index (Phi) is 4.25. The molecule has 0 aliphatic heterocycles. The number of benzene rings is 1. The lowest BCUT2D eigenvalue weighted by molar-refractivity contribution is 0.139. The highest BCUT2D eigenvalue weighted by Gasteiger charge is 2.21. The number of para-hydroxylation sites is 1. The van der Waals surface area contributed by atoms with E-state index in [1.54, 1.807) is 6.07 Å². The molecule has 0 bridgehead atoms. The van der Waals surface area contributed by atoms with Crippen molar-refractivity contribution in [2.75, 3.05) is 13.2 Å². The number of aliphatic hydroxyl groups excluding tert-OH is 1. The fourth-order valence-corrected chi connectivity index (χ4v) is 2.99. The van der Waals surface area contributed by atoms with E-state index in [0.717, 1.165) is 31.1 Å². The lowest BCUT2D eigenvalue weighted by Crippen LogP contribution is -2.22. The predicted octanol–water partition coefficient (Wildman–Crippen LogP) is 2.97. The van der Waals surface area contributed by atoms with E-state index in [1.165, 1.54) is 6.07 Å². The zero-order valence-corrected chi connectivity index (χ0v) is 12.0. The Balaban J connectivity index is 1.70. The number of ether oxygens (including phenoxy) is 1. The highest BCUT2D eigenvalue weighted by Crippen LogP contribution is 2.30. The minimum absolute atomic E-state index is 0.290. The molecule has 0 amide bonds. The summed E-state index contributed by atoms with van der Waals surface area (Å²) in [6.45, 7) is 0.906. The summed E-state index contributed by atoms with van der Waals surface area (Å²) in [5.41, 5.74) is 0.177. The van der Waals surface area contributed by atoms with Crippen LogP contribution in [0.1, 0.15) is 25.7 Å². The number of hydrogen-bond donors (Lipinski definition) is 1. The fraction of sp³-hybridized carbons (Fsp3) is 0.471. The lowest BCUT2D eigenvalue weighted by atomic mass is 9.83. The monoisotopic (exact) mass is 288 g/mol. The van der Waals surface area contributed by atoms with Crippen molar-refractivity contribution in [1.29, 1.82) is 0 Å². The first kappa shape index (κ1) is 14.1. The van der Waals surface area contributed by atoms with Gasteiger partial charge in [0.1, 0.15) is 11.3 Å². The summed E-state index contributed by atoms with van der Waals surface area (Å²) in [6.07, 6.45) is 4.26. The van der Waals surface area contributed by atoms with Crippen molar-refractivity contribution in [3.8, 4) is 5.75 Å². The van der Waals surface area contributed by atoms with E-state index >= 15 is 0 Å². The van der Waals surface area contributed by atoms with Gasteiger partial charge in [0.05, 0.1) is 18.1 Å². The highest BCUT2D eigenvalue weighted by molar-refractivity contribution is 5.82. The van der Waals surface area contributed by atoms with Gasteiger partial charge in [-0.15, -0.1) is 0 Å². The molecule has 0 atom stereocenters. The van der Waals surface area contributed by atoms with Crippen LogP contribution in [0.25, 0.3) is 11.0 Å². The smallest absolute Gasteiger partial charge is 0.339 e. The zero-order valence-electron chi connectivity index (χ0n) is 12.0. The van der Waals surface area contributed by atoms with Gasteiger partial charge in [-0.05, 0) is 49.7 Å². The second-order valence-electron chi connectivity index (χ2n) is 5.81. The second kappa shape index (κ2) is 6.31. The number of rotatable bonds is 4. The predicted molar refractivity (Wildman–Crippen MR) is 80.5 cm³/mol. The third-order valence-corrected chi connectivity index (χ3v) is 4.31. The van der Waals surface area contributed by atoms with Gasteiger partial charge in [-0.3, -0.25) is 0 Å². The van der Waals surface area contributed by atoms with Crippen LogP contribution >= 0.6 is 0 Å². The van der Waals surface area contributed by atoms with Crippen LogP contribution in [0.4, 0.5) is 0 Å². The van der Waals surface area contributed by atoms with Crippen molar-refractivity contribution in [3.05, 3.63) is 40.8 Å². The van der Waals surface area contributed by atoms with Crippen LogP contribution in [0.5, 0.6) is 5.75 Å². The molecule has 1 aliphatic carbocycles. The molecule has 0 radical (unpaired) electrons. The van der Waals surface area contributed by atoms with Crippen LogP contribution < -0.4 is 10.4 Å². The quantitative estimate of drug-likeness (QED) is 0.879. The molecule has 1 fully saturated rings. The standard InChI is InChI=1S/C17H20O4/c18-10-12-5-7-13(8-6-12)11-20-16-9-17(19)21-15-4-2-1-3-14(15)16/h1-4,9,12-13,18H,5-8,10-11H2. The molecule has 2 aromatic rings. The average molecular weight is 288 g/mol. The van der Waals surface area contributed by atoms with Gasteiger partial charge < -0.3 is 14.3 Å². The van der Waals surface area contributed by atoms with E-state index in [2.05, 4.69) is 0 Å². The Morgan fingerprint density at radius 3 is 2.62 bits per heavy atom. The molecule has 3 rings (SSSR count). The summed E-state index contributed by atoms with van der Waals surface area (Å²) in [5, 5.41) is 9.99. The van der Waals surface area contributed by atoms with E-state index in [9.17, 15) is 4.79 Å². The maximum absolute atomic E-state index is 11.6. The molecule has 0 unspecified atom stereocenters. The Morgan fingerprint density at radius 1 is 1.14 bits per heavy atom. The Bertz CT molecular complexity index is 653. The van der Waals surface area contributed by atoms with Crippen LogP contribution in [0.15, 0.2) is 39.5 Å². The molecule has 1 saturated carbocycles. The molecule has 1 N–H and O–H groups in total. The summed E-state index contributed by atoms with van der Waals surface area (Å²) < 4.78 is 11.0. The fourth-order valence-electron chi connectivity index (χ4n) is 2.99. The van der Waals surface area contributed by atoms with Gasteiger partial charge in [-0.2, -0.15) is 0 Å². The molecule has 0 saturated heterocycles. The normalized spacial score (nSPS) is 22.3. The molecule has 4 nitrogen and oxygen atoms in total. The summed E-state index contributed by atoms with van der Waals surface area (Å²) in [5.74, 6) is 1.55. The van der Waals surface area contributed by atoms with Gasteiger partial charge in [0, 0.05) is 6.61 Å².